The molecule has 1 aromatic carbocycles. The molecule has 0 N–H and O–H groups in total. The van der Waals surface area contributed by atoms with E-state index in [1.54, 1.807) is 0 Å². The molecule has 1 saturated heterocycles. The number of rotatable bonds is 3. The Morgan fingerprint density at radius 1 is 0.964 bits per heavy atom. The van der Waals surface area contributed by atoms with E-state index in [0.717, 1.165) is 13.5 Å². The lowest BCUT2D eigenvalue weighted by molar-refractivity contribution is -0.200. The number of hydrogen-bond donors (Lipinski definition) is 0. The Hall–Kier alpha value is -1.76. The number of carbonyl (C=O) groups is 1. The van der Waals surface area contributed by atoms with Crippen molar-refractivity contribution in [3.05, 3.63) is 35.9 Å². The predicted octanol–water partition coefficient (Wildman–Crippen LogP) is 5.97. The van der Waals surface area contributed by atoms with Gasteiger partial charge in [0.05, 0.1) is 0 Å². The molecular formula is C21H37F3N2O2. The van der Waals surface area contributed by atoms with Crippen molar-refractivity contribution in [2.45, 2.75) is 67.3 Å². The van der Waals surface area contributed by atoms with E-state index in [1.165, 1.54) is 10.5 Å². The lowest BCUT2D eigenvalue weighted by Crippen LogP contribution is -2.49. The molecule has 1 amide bonds. The van der Waals surface area contributed by atoms with E-state index in [1.807, 2.05) is 71.9 Å². The molecule has 1 atom stereocenters. The lowest BCUT2D eigenvalue weighted by Gasteiger charge is -2.34. The van der Waals surface area contributed by atoms with Crippen LogP contribution in [-0.4, -0.2) is 54.4 Å². The van der Waals surface area contributed by atoms with Crippen LogP contribution < -0.4 is 0 Å². The summed E-state index contributed by atoms with van der Waals surface area (Å²) in [6.07, 6.45) is -7.50. The summed E-state index contributed by atoms with van der Waals surface area (Å²) in [5.41, 5.74) is 1.17. The molecule has 2 rings (SSSR count). The minimum atomic E-state index is -4.52. The molecule has 1 aliphatic rings. The fourth-order valence-electron chi connectivity index (χ4n) is 2.22. The zero-order chi connectivity index (χ0) is 22.2. The van der Waals surface area contributed by atoms with Gasteiger partial charge in [0, 0.05) is 32.7 Å². The SMILES string of the molecule is CC.CC.CC.CC(OC(=O)N1CCN(Cc2ccccc2)CC1)C(F)(F)F. The zero-order valence-electron chi connectivity index (χ0n) is 18.3. The van der Waals surface area contributed by atoms with E-state index in [4.69, 9.17) is 0 Å². The largest absolute Gasteiger partial charge is 0.437 e. The van der Waals surface area contributed by atoms with E-state index in [2.05, 4.69) is 9.64 Å². The summed E-state index contributed by atoms with van der Waals surface area (Å²) < 4.78 is 41.6. The molecule has 0 aliphatic carbocycles. The number of halogens is 3. The van der Waals surface area contributed by atoms with Gasteiger partial charge in [-0.25, -0.2) is 4.79 Å². The van der Waals surface area contributed by atoms with Gasteiger partial charge in [0.25, 0.3) is 0 Å². The number of piperazine rings is 1. The lowest BCUT2D eigenvalue weighted by atomic mass is 10.2. The average molecular weight is 407 g/mol. The number of ether oxygens (including phenoxy) is 1. The summed E-state index contributed by atoms with van der Waals surface area (Å²) in [6.45, 7) is 15.6. The Morgan fingerprint density at radius 2 is 1.43 bits per heavy atom. The number of amides is 1. The molecule has 1 aliphatic heterocycles. The van der Waals surface area contributed by atoms with E-state index < -0.39 is 18.4 Å². The summed E-state index contributed by atoms with van der Waals surface area (Å²) in [6, 6.07) is 9.90. The fourth-order valence-corrected chi connectivity index (χ4v) is 2.22. The van der Waals surface area contributed by atoms with Gasteiger partial charge in [-0.2, -0.15) is 13.2 Å². The first-order chi connectivity index (χ1) is 13.4. The van der Waals surface area contributed by atoms with Gasteiger partial charge in [-0.1, -0.05) is 71.9 Å². The second kappa shape index (κ2) is 16.2. The molecule has 1 heterocycles. The van der Waals surface area contributed by atoms with Crippen molar-refractivity contribution < 1.29 is 22.7 Å². The van der Waals surface area contributed by atoms with E-state index in [0.29, 0.717) is 26.2 Å². The Bertz CT molecular complexity index is 488. The van der Waals surface area contributed by atoms with Crippen molar-refractivity contribution >= 4 is 6.09 Å². The van der Waals surface area contributed by atoms with Crippen LogP contribution in [0, 0.1) is 0 Å². The van der Waals surface area contributed by atoms with Crippen molar-refractivity contribution in [3.8, 4) is 0 Å². The minimum Gasteiger partial charge on any atom is -0.437 e. The van der Waals surface area contributed by atoms with Crippen LogP contribution in [0.3, 0.4) is 0 Å². The molecular weight excluding hydrogens is 369 g/mol. The molecule has 7 heteroatoms. The first kappa shape index (κ1) is 28.4. The van der Waals surface area contributed by atoms with Crippen molar-refractivity contribution in [2.75, 3.05) is 26.2 Å². The van der Waals surface area contributed by atoms with Gasteiger partial charge >= 0.3 is 12.3 Å². The van der Waals surface area contributed by atoms with Crippen molar-refractivity contribution in [1.29, 1.82) is 0 Å². The van der Waals surface area contributed by atoms with Crippen LogP contribution in [0.25, 0.3) is 0 Å². The van der Waals surface area contributed by atoms with Crippen molar-refractivity contribution in [3.63, 3.8) is 0 Å². The van der Waals surface area contributed by atoms with Gasteiger partial charge < -0.3 is 9.64 Å². The molecule has 1 aromatic rings. The first-order valence-electron chi connectivity index (χ1n) is 10.1. The first-order valence-corrected chi connectivity index (χ1v) is 10.1. The standard InChI is InChI=1S/C15H19F3N2O2.3C2H6/c1-12(15(16,17)18)22-14(21)20-9-7-19(8-10-20)11-13-5-3-2-4-6-13;3*1-2/h2-6,12H,7-11H2,1H3;3*1-2H3. The molecule has 4 nitrogen and oxygen atoms in total. The third kappa shape index (κ3) is 11.2. The third-order valence-electron chi connectivity index (χ3n) is 3.62. The highest BCUT2D eigenvalue weighted by atomic mass is 19.4. The number of hydrogen-bond acceptors (Lipinski definition) is 3. The van der Waals surface area contributed by atoms with Gasteiger partial charge in [0.15, 0.2) is 6.10 Å². The van der Waals surface area contributed by atoms with Crippen LogP contribution >= 0.6 is 0 Å². The normalized spacial score (nSPS) is 14.9. The molecule has 0 saturated carbocycles. The summed E-state index contributed by atoms with van der Waals surface area (Å²) >= 11 is 0. The Morgan fingerprint density at radius 3 is 1.86 bits per heavy atom. The van der Waals surface area contributed by atoms with Crippen LogP contribution in [0.4, 0.5) is 18.0 Å². The van der Waals surface area contributed by atoms with Crippen LogP contribution in [0.5, 0.6) is 0 Å². The van der Waals surface area contributed by atoms with Crippen LogP contribution in [0.2, 0.25) is 0 Å². The number of nitrogens with zero attached hydrogens (tertiary/aromatic N) is 2. The van der Waals surface area contributed by atoms with Gasteiger partial charge in [-0.3, -0.25) is 4.90 Å². The highest BCUT2D eigenvalue weighted by Gasteiger charge is 2.40. The van der Waals surface area contributed by atoms with Gasteiger partial charge in [0.2, 0.25) is 0 Å². The van der Waals surface area contributed by atoms with Crippen molar-refractivity contribution in [1.82, 2.24) is 9.80 Å². The maximum Gasteiger partial charge on any atom is 0.425 e. The summed E-state index contributed by atoms with van der Waals surface area (Å²) in [5.74, 6) is 0. The second-order valence-electron chi connectivity index (χ2n) is 5.32. The smallest absolute Gasteiger partial charge is 0.425 e. The topological polar surface area (TPSA) is 32.8 Å². The summed E-state index contributed by atoms with van der Waals surface area (Å²) in [7, 11) is 0. The monoisotopic (exact) mass is 406 g/mol. The van der Waals surface area contributed by atoms with E-state index in [-0.39, 0.29) is 0 Å². The highest BCUT2D eigenvalue weighted by molar-refractivity contribution is 5.68. The molecule has 0 spiro atoms. The van der Waals surface area contributed by atoms with Crippen LogP contribution in [-0.2, 0) is 11.3 Å². The molecule has 0 radical (unpaired) electrons. The number of carbonyl (C=O) groups excluding carboxylic acids is 1. The van der Waals surface area contributed by atoms with Crippen LogP contribution in [0.15, 0.2) is 30.3 Å². The predicted molar refractivity (Wildman–Crippen MR) is 109 cm³/mol. The summed E-state index contributed by atoms with van der Waals surface area (Å²) in [4.78, 5) is 15.2. The van der Waals surface area contributed by atoms with Gasteiger partial charge in [0.1, 0.15) is 0 Å². The molecule has 164 valence electrons. The van der Waals surface area contributed by atoms with Crippen molar-refractivity contribution in [2.24, 2.45) is 0 Å². The summed E-state index contributed by atoms with van der Waals surface area (Å²) in [5, 5.41) is 0. The molecule has 28 heavy (non-hydrogen) atoms. The van der Waals surface area contributed by atoms with E-state index in [9.17, 15) is 18.0 Å². The fraction of sp³-hybridized carbons (Fsp3) is 0.667. The quantitative estimate of drug-likeness (QED) is 0.620. The van der Waals surface area contributed by atoms with E-state index >= 15 is 0 Å². The minimum absolute atomic E-state index is 0.371. The third-order valence-corrected chi connectivity index (χ3v) is 3.62. The maximum atomic E-state index is 12.4. The number of alkyl halides is 3. The second-order valence-corrected chi connectivity index (χ2v) is 5.32. The Kier molecular flexibility index (Phi) is 16.5. The molecule has 1 unspecified atom stereocenters. The molecule has 1 fully saturated rings. The average Bonchev–Trinajstić information content (AvgIpc) is 2.73. The maximum absolute atomic E-state index is 12.4. The van der Waals surface area contributed by atoms with Gasteiger partial charge in [-0.15, -0.1) is 0 Å². The van der Waals surface area contributed by atoms with Crippen LogP contribution in [0.1, 0.15) is 54.0 Å². The Labute approximate surface area is 168 Å². The number of benzene rings is 1. The zero-order valence-corrected chi connectivity index (χ0v) is 18.3. The Balaban J connectivity index is 0. The van der Waals surface area contributed by atoms with Gasteiger partial charge in [-0.05, 0) is 12.5 Å². The molecule has 0 bridgehead atoms. The molecule has 0 aromatic heterocycles. The highest BCUT2D eigenvalue weighted by Crippen LogP contribution is 2.23.